The topological polar surface area (TPSA) is 158 Å². The van der Waals surface area contributed by atoms with E-state index in [1.165, 1.54) is 0 Å². The van der Waals surface area contributed by atoms with Gasteiger partial charge in [-0.1, -0.05) is 32.9 Å². The molecule has 1 heterocycles. The molecule has 11 heteroatoms. The third kappa shape index (κ3) is 4.55. The molecule has 3 rings (SSSR count). The average molecular weight is 426 g/mol. The van der Waals surface area contributed by atoms with Crippen molar-refractivity contribution in [3.8, 4) is 0 Å². The zero-order valence-corrected chi connectivity index (χ0v) is 16.8. The van der Waals surface area contributed by atoms with Crippen LogP contribution < -0.4 is 5.56 Å². The number of esters is 1. The average Bonchev–Trinajstić information content (AvgIpc) is 2.70. The number of nitrogens with zero attached hydrogens (tertiary/aromatic N) is 3. The standard InChI is InChI=1S/C20H18N4O7/c1-20(2,3)16(17-21-15-7-5-4-6-14(15)18(25)22-17)31-19(26)11-8-12(23(27)28)10-13(9-11)24(29)30/h4-10,16H,1-3H3,(H,21,22,25). The van der Waals surface area contributed by atoms with E-state index in [1.807, 2.05) is 0 Å². The summed E-state index contributed by atoms with van der Waals surface area (Å²) in [6, 6.07) is 9.18. The van der Waals surface area contributed by atoms with E-state index in [9.17, 15) is 29.8 Å². The molecule has 0 saturated heterocycles. The maximum absolute atomic E-state index is 12.8. The van der Waals surface area contributed by atoms with E-state index in [4.69, 9.17) is 4.74 Å². The molecule has 2 aromatic carbocycles. The highest BCUT2D eigenvalue weighted by molar-refractivity contribution is 5.91. The van der Waals surface area contributed by atoms with Gasteiger partial charge in [0.15, 0.2) is 11.9 Å². The van der Waals surface area contributed by atoms with Crippen LogP contribution in [-0.2, 0) is 4.74 Å². The third-order valence-electron chi connectivity index (χ3n) is 4.45. The second-order valence-corrected chi connectivity index (χ2v) is 7.87. The number of benzene rings is 2. The van der Waals surface area contributed by atoms with E-state index in [0.717, 1.165) is 18.2 Å². The number of non-ortho nitro benzene ring substituents is 2. The first-order valence-corrected chi connectivity index (χ1v) is 9.11. The molecule has 1 N–H and O–H groups in total. The molecule has 0 spiro atoms. The van der Waals surface area contributed by atoms with Gasteiger partial charge in [0.2, 0.25) is 0 Å². The molecular formula is C20H18N4O7. The van der Waals surface area contributed by atoms with Crippen molar-refractivity contribution in [3.05, 3.63) is 84.4 Å². The fourth-order valence-corrected chi connectivity index (χ4v) is 2.97. The number of nitrogens with one attached hydrogen (secondary N) is 1. The molecule has 0 saturated carbocycles. The maximum atomic E-state index is 12.8. The lowest BCUT2D eigenvalue weighted by Gasteiger charge is -2.29. The molecule has 31 heavy (non-hydrogen) atoms. The Bertz CT molecular complexity index is 1230. The molecule has 1 unspecified atom stereocenters. The van der Waals surface area contributed by atoms with Gasteiger partial charge in [-0.25, -0.2) is 9.78 Å². The summed E-state index contributed by atoms with van der Waals surface area (Å²) in [5.41, 5.74) is -2.36. The Morgan fingerprint density at radius 2 is 1.65 bits per heavy atom. The molecule has 0 bridgehead atoms. The van der Waals surface area contributed by atoms with E-state index in [2.05, 4.69) is 9.97 Å². The first-order chi connectivity index (χ1) is 14.5. The van der Waals surface area contributed by atoms with Crippen LogP contribution in [0.5, 0.6) is 0 Å². The second-order valence-electron chi connectivity index (χ2n) is 7.87. The monoisotopic (exact) mass is 426 g/mol. The predicted molar refractivity (Wildman–Crippen MR) is 110 cm³/mol. The van der Waals surface area contributed by atoms with E-state index in [-0.39, 0.29) is 11.4 Å². The van der Waals surface area contributed by atoms with Gasteiger partial charge in [0.05, 0.1) is 32.4 Å². The molecule has 1 aromatic heterocycles. The summed E-state index contributed by atoms with van der Waals surface area (Å²) in [5.74, 6) is -0.938. The number of H-pyrrole nitrogens is 1. The van der Waals surface area contributed by atoms with Crippen molar-refractivity contribution in [1.82, 2.24) is 9.97 Å². The number of carbonyl (C=O) groups is 1. The van der Waals surface area contributed by atoms with E-state index in [0.29, 0.717) is 10.9 Å². The van der Waals surface area contributed by atoms with Crippen molar-refractivity contribution in [2.24, 2.45) is 5.41 Å². The Morgan fingerprint density at radius 1 is 1.06 bits per heavy atom. The van der Waals surface area contributed by atoms with Crippen LogP contribution in [0.2, 0.25) is 0 Å². The highest BCUT2D eigenvalue weighted by atomic mass is 16.6. The fraction of sp³-hybridized carbons (Fsp3) is 0.250. The molecule has 0 radical (unpaired) electrons. The minimum atomic E-state index is -1.05. The lowest BCUT2D eigenvalue weighted by molar-refractivity contribution is -0.394. The summed E-state index contributed by atoms with van der Waals surface area (Å²) in [6.07, 6.45) is -1.05. The summed E-state index contributed by atoms with van der Waals surface area (Å²) < 4.78 is 5.54. The van der Waals surface area contributed by atoms with Crippen LogP contribution in [-0.4, -0.2) is 25.8 Å². The molecule has 0 aliphatic carbocycles. The molecule has 0 amide bonds. The number of carbonyl (C=O) groups excluding carboxylic acids is 1. The lowest BCUT2D eigenvalue weighted by Crippen LogP contribution is -2.28. The van der Waals surface area contributed by atoms with Gasteiger partial charge >= 0.3 is 5.97 Å². The second kappa shape index (κ2) is 7.94. The number of aromatic nitrogens is 2. The third-order valence-corrected chi connectivity index (χ3v) is 4.45. The van der Waals surface area contributed by atoms with Crippen LogP contribution in [0, 0.1) is 25.6 Å². The zero-order valence-electron chi connectivity index (χ0n) is 16.8. The molecular weight excluding hydrogens is 408 g/mol. The van der Waals surface area contributed by atoms with Gasteiger partial charge in [-0.05, 0) is 12.1 Å². The van der Waals surface area contributed by atoms with Gasteiger partial charge in [-0.3, -0.25) is 25.0 Å². The Morgan fingerprint density at radius 3 is 2.19 bits per heavy atom. The van der Waals surface area contributed by atoms with E-state index >= 15 is 0 Å². The normalized spacial score (nSPS) is 12.4. The Kier molecular flexibility index (Phi) is 5.52. The van der Waals surface area contributed by atoms with Gasteiger partial charge < -0.3 is 9.72 Å². The number of hydrogen-bond donors (Lipinski definition) is 1. The molecule has 160 valence electrons. The van der Waals surface area contributed by atoms with Gasteiger partial charge in [0.25, 0.3) is 16.9 Å². The predicted octanol–water partition coefficient (Wildman–Crippen LogP) is 3.68. The summed E-state index contributed by atoms with van der Waals surface area (Å²) in [5, 5.41) is 22.6. The molecule has 1 atom stereocenters. The van der Waals surface area contributed by atoms with Crippen molar-refractivity contribution >= 4 is 28.2 Å². The summed E-state index contributed by atoms with van der Waals surface area (Å²) in [4.78, 5) is 52.7. The van der Waals surface area contributed by atoms with Crippen LogP contribution in [0.25, 0.3) is 10.9 Å². The molecule has 0 aliphatic heterocycles. The number of nitro groups is 2. The zero-order chi connectivity index (χ0) is 22.9. The molecule has 11 nitrogen and oxygen atoms in total. The van der Waals surface area contributed by atoms with Crippen molar-refractivity contribution in [2.75, 3.05) is 0 Å². The van der Waals surface area contributed by atoms with Crippen LogP contribution in [0.3, 0.4) is 0 Å². The van der Waals surface area contributed by atoms with Crippen molar-refractivity contribution in [3.63, 3.8) is 0 Å². The highest BCUT2D eigenvalue weighted by Crippen LogP contribution is 2.35. The Labute approximate surface area is 175 Å². The first kappa shape index (κ1) is 21.6. The summed E-state index contributed by atoms with van der Waals surface area (Å²) >= 11 is 0. The number of hydrogen-bond acceptors (Lipinski definition) is 8. The van der Waals surface area contributed by atoms with Gasteiger partial charge in [-0.15, -0.1) is 0 Å². The number of para-hydroxylation sites is 1. The lowest BCUT2D eigenvalue weighted by atomic mass is 9.88. The van der Waals surface area contributed by atoms with Gasteiger partial charge in [0, 0.05) is 17.5 Å². The smallest absolute Gasteiger partial charge is 0.339 e. The minimum absolute atomic E-state index is 0.0875. The quantitative estimate of drug-likeness (QED) is 0.367. The van der Waals surface area contributed by atoms with Gasteiger partial charge in [-0.2, -0.15) is 0 Å². The minimum Gasteiger partial charge on any atom is -0.450 e. The van der Waals surface area contributed by atoms with E-state index < -0.39 is 44.3 Å². The maximum Gasteiger partial charge on any atom is 0.339 e. The van der Waals surface area contributed by atoms with Crippen LogP contribution in [0.15, 0.2) is 47.3 Å². The highest BCUT2D eigenvalue weighted by Gasteiger charge is 2.34. The number of rotatable bonds is 5. The van der Waals surface area contributed by atoms with Crippen molar-refractivity contribution < 1.29 is 19.4 Å². The molecule has 0 fully saturated rings. The van der Waals surface area contributed by atoms with Crippen molar-refractivity contribution in [1.29, 1.82) is 0 Å². The summed E-state index contributed by atoms with van der Waals surface area (Å²) in [7, 11) is 0. The Hall–Kier alpha value is -4.15. The van der Waals surface area contributed by atoms with Crippen LogP contribution in [0.4, 0.5) is 11.4 Å². The van der Waals surface area contributed by atoms with Gasteiger partial charge in [0.1, 0.15) is 0 Å². The number of nitro benzene ring substituents is 2. The Balaban J connectivity index is 2.05. The fourth-order valence-electron chi connectivity index (χ4n) is 2.97. The number of fused-ring (bicyclic) bond motifs is 1. The molecule has 0 aliphatic rings. The number of ether oxygens (including phenoxy) is 1. The largest absolute Gasteiger partial charge is 0.450 e. The van der Waals surface area contributed by atoms with Crippen LogP contribution in [0.1, 0.15) is 43.1 Å². The van der Waals surface area contributed by atoms with Crippen LogP contribution >= 0.6 is 0 Å². The molecule has 3 aromatic rings. The first-order valence-electron chi connectivity index (χ1n) is 9.11. The van der Waals surface area contributed by atoms with E-state index in [1.54, 1.807) is 45.0 Å². The summed E-state index contributed by atoms with van der Waals surface area (Å²) in [6.45, 7) is 5.24. The van der Waals surface area contributed by atoms with Crippen molar-refractivity contribution in [2.45, 2.75) is 26.9 Å². The number of aromatic amines is 1. The SMILES string of the molecule is CC(C)(C)C(OC(=O)c1cc([N+](=O)[O-])cc([N+](=O)[O-])c1)c1nc2ccccc2c(=O)[nH]1.